The third-order valence-electron chi connectivity index (χ3n) is 5.14. The van der Waals surface area contributed by atoms with Crippen LogP contribution in [-0.2, 0) is 11.2 Å². The van der Waals surface area contributed by atoms with Crippen LogP contribution in [0, 0.1) is 0 Å². The molecular weight excluding hydrogens is 418 g/mol. The molecule has 1 aliphatic rings. The molecule has 3 rings (SSSR count). The van der Waals surface area contributed by atoms with Crippen LogP contribution in [0.1, 0.15) is 40.0 Å². The molecule has 2 aromatic rings. The van der Waals surface area contributed by atoms with Gasteiger partial charge in [0.25, 0.3) is 0 Å². The monoisotopic (exact) mass is 451 g/mol. The molecule has 0 radical (unpaired) electrons. The van der Waals surface area contributed by atoms with E-state index in [9.17, 15) is 14.8 Å². The molecule has 31 heavy (non-hydrogen) atoms. The molecular formula is C20H33N7O3S. The minimum Gasteiger partial charge on any atom is -0.616 e. The molecule has 3 heterocycles. The number of aromatic nitrogens is 4. The molecule has 0 amide bonds. The first-order chi connectivity index (χ1) is 14.8. The van der Waals surface area contributed by atoms with Crippen molar-refractivity contribution in [3.63, 3.8) is 0 Å². The summed E-state index contributed by atoms with van der Waals surface area (Å²) in [7, 11) is 0. The van der Waals surface area contributed by atoms with E-state index < -0.39 is 16.8 Å². The zero-order valence-corrected chi connectivity index (χ0v) is 19.3. The van der Waals surface area contributed by atoms with Gasteiger partial charge < -0.3 is 30.3 Å². The summed E-state index contributed by atoms with van der Waals surface area (Å²) in [4.78, 5) is 20.2. The Hall–Kier alpha value is -1.95. The minimum atomic E-state index is -0.797. The second-order valence-electron chi connectivity index (χ2n) is 8.53. The normalized spacial score (nSPS) is 16.5. The van der Waals surface area contributed by atoms with Gasteiger partial charge in [0.2, 0.25) is 5.95 Å². The fourth-order valence-corrected chi connectivity index (χ4v) is 4.55. The van der Waals surface area contributed by atoms with Gasteiger partial charge in [0.15, 0.2) is 11.6 Å². The second-order valence-corrected chi connectivity index (χ2v) is 10.2. The molecule has 0 saturated carbocycles. The lowest BCUT2D eigenvalue weighted by Crippen LogP contribution is -2.41. The number of aliphatic hydroxyl groups is 2. The van der Waals surface area contributed by atoms with E-state index in [0.29, 0.717) is 59.8 Å². The summed E-state index contributed by atoms with van der Waals surface area (Å²) in [5.41, 5.74) is 0.576. The lowest BCUT2D eigenvalue weighted by atomic mass is 10.00. The fraction of sp³-hybridized carbons (Fsp3) is 0.700. The van der Waals surface area contributed by atoms with Crippen LogP contribution in [0.25, 0.3) is 11.0 Å². The maximum absolute atomic E-state index is 11.8. The van der Waals surface area contributed by atoms with Crippen LogP contribution in [0.5, 0.6) is 0 Å². The van der Waals surface area contributed by atoms with Gasteiger partial charge in [0.05, 0.1) is 25.3 Å². The lowest BCUT2D eigenvalue weighted by Gasteiger charge is -2.29. The van der Waals surface area contributed by atoms with Gasteiger partial charge in [-0.15, -0.1) is 0 Å². The van der Waals surface area contributed by atoms with Crippen molar-refractivity contribution in [3.05, 3.63) is 6.33 Å². The quantitative estimate of drug-likeness (QED) is 0.388. The molecule has 172 valence electrons. The number of nitrogens with zero attached hydrogens (tertiary/aromatic N) is 5. The van der Waals surface area contributed by atoms with Crippen molar-refractivity contribution in [3.8, 4) is 0 Å². The van der Waals surface area contributed by atoms with Crippen LogP contribution < -0.4 is 15.5 Å². The number of hydrogen-bond acceptors (Lipinski definition) is 10. The summed E-state index contributed by atoms with van der Waals surface area (Å²) >= 11 is -0.797. The Balaban J connectivity index is 1.87. The first-order valence-electron chi connectivity index (χ1n) is 10.7. The molecule has 0 aromatic carbocycles. The number of aliphatic hydroxyl groups excluding tert-OH is 1. The number of fused-ring (bicyclic) bond motifs is 1. The zero-order valence-electron chi connectivity index (χ0n) is 18.5. The summed E-state index contributed by atoms with van der Waals surface area (Å²) in [5.74, 6) is 2.90. The highest BCUT2D eigenvalue weighted by atomic mass is 32.2. The molecule has 1 fully saturated rings. The maximum atomic E-state index is 11.8. The fourth-order valence-electron chi connectivity index (χ4n) is 3.50. The average Bonchev–Trinajstić information content (AvgIpc) is 2.72. The molecule has 1 aliphatic heterocycles. The highest BCUT2D eigenvalue weighted by Gasteiger charge is 2.25. The molecule has 2 aromatic heterocycles. The van der Waals surface area contributed by atoms with Crippen molar-refractivity contribution in [1.29, 1.82) is 0 Å². The van der Waals surface area contributed by atoms with Crippen molar-refractivity contribution in [2.45, 2.75) is 51.7 Å². The van der Waals surface area contributed by atoms with E-state index in [1.54, 1.807) is 0 Å². The van der Waals surface area contributed by atoms with Gasteiger partial charge in [-0.2, -0.15) is 4.98 Å². The van der Waals surface area contributed by atoms with E-state index in [1.165, 1.54) is 6.33 Å². The van der Waals surface area contributed by atoms with Crippen molar-refractivity contribution in [2.24, 2.45) is 0 Å². The highest BCUT2D eigenvalue weighted by Crippen LogP contribution is 2.29. The third-order valence-corrected chi connectivity index (χ3v) is 6.42. The molecule has 0 bridgehead atoms. The van der Waals surface area contributed by atoms with Crippen LogP contribution in [0.15, 0.2) is 6.33 Å². The smallest absolute Gasteiger partial charge is 0.225 e. The van der Waals surface area contributed by atoms with Gasteiger partial charge in [-0.1, -0.05) is 11.2 Å². The molecule has 4 N–H and O–H groups in total. The summed E-state index contributed by atoms with van der Waals surface area (Å²) in [6.07, 6.45) is 3.99. The summed E-state index contributed by atoms with van der Waals surface area (Å²) in [6.45, 7) is 7.28. The minimum absolute atomic E-state index is 0.0337. The van der Waals surface area contributed by atoms with Crippen molar-refractivity contribution < 1.29 is 14.8 Å². The van der Waals surface area contributed by atoms with E-state index in [0.717, 1.165) is 19.3 Å². The number of hydrogen-bond donors (Lipinski definition) is 4. The maximum Gasteiger partial charge on any atom is 0.225 e. The van der Waals surface area contributed by atoms with Crippen LogP contribution in [0.4, 0.5) is 17.6 Å². The molecule has 0 spiro atoms. The van der Waals surface area contributed by atoms with E-state index in [2.05, 4.69) is 42.4 Å². The topological polar surface area (TPSA) is 142 Å². The molecule has 1 atom stereocenters. The summed E-state index contributed by atoms with van der Waals surface area (Å²) in [6, 6.07) is 0.130. The Bertz CT molecular complexity index is 857. The van der Waals surface area contributed by atoms with Crippen LogP contribution in [0.3, 0.4) is 0 Å². The summed E-state index contributed by atoms with van der Waals surface area (Å²) < 4.78 is 11.8. The highest BCUT2D eigenvalue weighted by molar-refractivity contribution is 7.91. The van der Waals surface area contributed by atoms with Crippen LogP contribution >= 0.6 is 0 Å². The van der Waals surface area contributed by atoms with E-state index in [4.69, 9.17) is 0 Å². The average molecular weight is 452 g/mol. The number of nitrogens with one attached hydrogen (secondary N) is 2. The Morgan fingerprint density at radius 1 is 1.23 bits per heavy atom. The number of anilines is 3. The Morgan fingerprint density at radius 3 is 2.65 bits per heavy atom. The molecule has 0 aliphatic carbocycles. The van der Waals surface area contributed by atoms with E-state index in [-0.39, 0.29) is 12.6 Å². The Labute approximate surface area is 186 Å². The SMILES string of the molecule is CC(CCCC(C)(C)O)Nc1ncnc2c(N3CC[S+]([O-])CC3)nc(NCCO)nc12. The number of rotatable bonds is 10. The Morgan fingerprint density at radius 2 is 1.97 bits per heavy atom. The van der Waals surface area contributed by atoms with Gasteiger partial charge in [-0.05, 0) is 40.0 Å². The standard InChI is InChI=1S/C20H33N7O3S/c1-14(5-4-6-20(2,3)29)24-17-15-16(22-13-23-17)18(26-19(25-15)21-7-10-28)27-8-11-31(30)12-9-27/h13-14,28-29H,4-12H2,1-3H3,(H,21,25,26)(H,22,23,24). The zero-order chi connectivity index (χ0) is 22.4. The van der Waals surface area contributed by atoms with E-state index in [1.807, 2.05) is 13.8 Å². The van der Waals surface area contributed by atoms with Crippen molar-refractivity contribution in [2.75, 3.05) is 53.3 Å². The third kappa shape index (κ3) is 6.76. The van der Waals surface area contributed by atoms with Crippen molar-refractivity contribution >= 4 is 39.8 Å². The van der Waals surface area contributed by atoms with E-state index >= 15 is 0 Å². The predicted molar refractivity (Wildman–Crippen MR) is 124 cm³/mol. The van der Waals surface area contributed by atoms with Gasteiger partial charge in [-0.25, -0.2) is 15.0 Å². The largest absolute Gasteiger partial charge is 0.616 e. The molecule has 1 unspecified atom stereocenters. The lowest BCUT2D eigenvalue weighted by molar-refractivity contribution is 0.0680. The molecule has 10 nitrogen and oxygen atoms in total. The van der Waals surface area contributed by atoms with Gasteiger partial charge in [0.1, 0.15) is 28.9 Å². The Kier molecular flexibility index (Phi) is 8.09. The second kappa shape index (κ2) is 10.6. The molecule has 11 heteroatoms. The van der Waals surface area contributed by atoms with Gasteiger partial charge in [-0.3, -0.25) is 0 Å². The van der Waals surface area contributed by atoms with Gasteiger partial charge >= 0.3 is 0 Å². The first-order valence-corrected chi connectivity index (χ1v) is 12.2. The van der Waals surface area contributed by atoms with Crippen LogP contribution in [0.2, 0.25) is 0 Å². The van der Waals surface area contributed by atoms with Crippen LogP contribution in [-0.4, -0.2) is 84.1 Å². The van der Waals surface area contributed by atoms with Gasteiger partial charge in [0, 0.05) is 12.6 Å². The van der Waals surface area contributed by atoms with Crippen molar-refractivity contribution in [1.82, 2.24) is 19.9 Å². The predicted octanol–water partition coefficient (Wildman–Crippen LogP) is 1.13. The first kappa shape index (κ1) is 23.7. The summed E-state index contributed by atoms with van der Waals surface area (Å²) in [5, 5.41) is 25.6. The molecule has 1 saturated heterocycles.